The van der Waals surface area contributed by atoms with E-state index in [1.54, 1.807) is 12.1 Å². The summed E-state index contributed by atoms with van der Waals surface area (Å²) in [7, 11) is -3.63. The molecular weight excluding hydrogens is 408 g/mol. The summed E-state index contributed by atoms with van der Waals surface area (Å²) >= 11 is 5.85. The average Bonchev–Trinajstić information content (AvgIpc) is 2.75. The van der Waals surface area contributed by atoms with Gasteiger partial charge in [-0.05, 0) is 42.0 Å². The fourth-order valence-electron chi connectivity index (χ4n) is 2.80. The van der Waals surface area contributed by atoms with Crippen LogP contribution in [0.3, 0.4) is 0 Å². The lowest BCUT2D eigenvalue weighted by Gasteiger charge is -2.20. The van der Waals surface area contributed by atoms with E-state index in [4.69, 9.17) is 16.3 Å². The predicted molar refractivity (Wildman–Crippen MR) is 116 cm³/mol. The van der Waals surface area contributed by atoms with E-state index < -0.39 is 10.0 Å². The second-order valence-electron chi connectivity index (χ2n) is 6.38. The van der Waals surface area contributed by atoms with Gasteiger partial charge in [-0.25, -0.2) is 13.1 Å². The number of sulfonamides is 1. The van der Waals surface area contributed by atoms with Gasteiger partial charge in [-0.3, -0.25) is 0 Å². The zero-order valence-electron chi connectivity index (χ0n) is 15.8. The van der Waals surface area contributed by atoms with Crippen LogP contribution in [0.25, 0.3) is 0 Å². The van der Waals surface area contributed by atoms with Gasteiger partial charge in [-0.2, -0.15) is 0 Å². The summed E-state index contributed by atoms with van der Waals surface area (Å²) in [4.78, 5) is 0.182. The molecule has 0 aromatic heterocycles. The summed E-state index contributed by atoms with van der Waals surface area (Å²) in [5.41, 5.74) is 0.992. The predicted octanol–water partition coefficient (Wildman–Crippen LogP) is 4.03. The molecule has 3 aromatic rings. The molecular formula is C22H23ClN2O3S. The molecule has 0 saturated carbocycles. The molecule has 5 nitrogen and oxygen atoms in total. The molecule has 3 aromatic carbocycles. The van der Waals surface area contributed by atoms with Crippen LogP contribution in [0.4, 0.5) is 0 Å². The minimum absolute atomic E-state index is 0.182. The van der Waals surface area contributed by atoms with Crippen LogP contribution in [-0.2, 0) is 10.0 Å². The Kier molecular flexibility index (Phi) is 7.66. The fraction of sp³-hybridized carbons (Fsp3) is 0.182. The molecule has 0 fully saturated rings. The highest BCUT2D eigenvalue weighted by Gasteiger charge is 2.18. The van der Waals surface area contributed by atoms with Gasteiger partial charge in [-0.1, -0.05) is 60.1 Å². The Morgan fingerprint density at radius 3 is 2.14 bits per heavy atom. The zero-order chi connectivity index (χ0) is 20.5. The van der Waals surface area contributed by atoms with Crippen molar-refractivity contribution in [3.63, 3.8) is 0 Å². The Balaban J connectivity index is 1.60. The highest BCUT2D eigenvalue weighted by atomic mass is 35.5. The molecule has 0 saturated heterocycles. The maximum Gasteiger partial charge on any atom is 0.240 e. The Morgan fingerprint density at radius 1 is 0.862 bits per heavy atom. The van der Waals surface area contributed by atoms with Crippen molar-refractivity contribution >= 4 is 21.6 Å². The third kappa shape index (κ3) is 6.58. The first kappa shape index (κ1) is 21.3. The van der Waals surface area contributed by atoms with Gasteiger partial charge >= 0.3 is 0 Å². The highest BCUT2D eigenvalue weighted by molar-refractivity contribution is 7.89. The van der Waals surface area contributed by atoms with Gasteiger partial charge in [0.2, 0.25) is 10.0 Å². The monoisotopic (exact) mass is 430 g/mol. The summed E-state index contributed by atoms with van der Waals surface area (Å²) in [6.07, 6.45) is 0. The highest BCUT2D eigenvalue weighted by Crippen LogP contribution is 2.16. The van der Waals surface area contributed by atoms with Crippen LogP contribution in [0.15, 0.2) is 89.8 Å². The number of hydrogen-bond donors (Lipinski definition) is 2. The first-order chi connectivity index (χ1) is 14.0. The molecule has 152 valence electrons. The lowest BCUT2D eigenvalue weighted by molar-refractivity contribution is 0.305. The molecule has 0 radical (unpaired) electrons. The molecule has 3 rings (SSSR count). The summed E-state index contributed by atoms with van der Waals surface area (Å²) in [5.74, 6) is 0.800. The first-order valence-electron chi connectivity index (χ1n) is 9.26. The molecule has 0 amide bonds. The van der Waals surface area contributed by atoms with Crippen molar-refractivity contribution in [3.8, 4) is 5.75 Å². The minimum Gasteiger partial charge on any atom is -0.492 e. The van der Waals surface area contributed by atoms with Crippen LogP contribution in [0.5, 0.6) is 5.75 Å². The van der Waals surface area contributed by atoms with Crippen molar-refractivity contribution in [2.75, 3.05) is 19.7 Å². The third-order valence-corrected chi connectivity index (χ3v) is 6.00. The van der Waals surface area contributed by atoms with Gasteiger partial charge in [0, 0.05) is 24.2 Å². The third-order valence-electron chi connectivity index (χ3n) is 4.31. The Hall–Kier alpha value is -2.38. The molecule has 2 N–H and O–H groups in total. The molecule has 0 heterocycles. The van der Waals surface area contributed by atoms with Crippen LogP contribution in [-0.4, -0.2) is 28.1 Å². The lowest BCUT2D eigenvalue weighted by atomic mass is 10.1. The van der Waals surface area contributed by atoms with Crippen LogP contribution < -0.4 is 14.8 Å². The van der Waals surface area contributed by atoms with E-state index in [9.17, 15) is 8.42 Å². The second kappa shape index (κ2) is 10.4. The average molecular weight is 431 g/mol. The molecule has 0 aliphatic heterocycles. The largest absolute Gasteiger partial charge is 0.492 e. The number of para-hydroxylation sites is 1. The van der Waals surface area contributed by atoms with Crippen LogP contribution in [0.2, 0.25) is 5.02 Å². The van der Waals surface area contributed by atoms with Gasteiger partial charge in [-0.15, -0.1) is 0 Å². The maximum absolute atomic E-state index is 12.6. The van der Waals surface area contributed by atoms with Crippen molar-refractivity contribution in [2.45, 2.75) is 10.9 Å². The molecule has 0 unspecified atom stereocenters. The van der Waals surface area contributed by atoms with Crippen molar-refractivity contribution in [3.05, 3.63) is 95.5 Å². The van der Waals surface area contributed by atoms with Crippen molar-refractivity contribution < 1.29 is 13.2 Å². The van der Waals surface area contributed by atoms with Crippen molar-refractivity contribution in [2.24, 2.45) is 0 Å². The maximum atomic E-state index is 12.6. The fourth-order valence-corrected chi connectivity index (χ4v) is 3.98. The minimum atomic E-state index is -3.63. The number of ether oxygens (including phenoxy) is 1. The molecule has 0 aliphatic carbocycles. The number of halogens is 1. The Bertz CT molecular complexity index is 982. The number of rotatable bonds is 10. The normalized spacial score (nSPS) is 12.4. The van der Waals surface area contributed by atoms with Gasteiger partial charge in [0.25, 0.3) is 0 Å². The number of nitrogens with one attached hydrogen (secondary N) is 2. The molecule has 0 spiro atoms. The molecule has 0 aliphatic rings. The summed E-state index contributed by atoms with van der Waals surface area (Å²) in [6.45, 7) is 1.24. The summed E-state index contributed by atoms with van der Waals surface area (Å²) < 4.78 is 33.6. The number of hydrogen-bond acceptors (Lipinski definition) is 4. The van der Waals surface area contributed by atoms with E-state index in [0.29, 0.717) is 18.2 Å². The van der Waals surface area contributed by atoms with E-state index in [0.717, 1.165) is 11.3 Å². The van der Waals surface area contributed by atoms with Crippen LogP contribution >= 0.6 is 11.6 Å². The molecule has 0 bridgehead atoms. The zero-order valence-corrected chi connectivity index (χ0v) is 17.4. The van der Waals surface area contributed by atoms with Crippen LogP contribution in [0.1, 0.15) is 11.6 Å². The van der Waals surface area contributed by atoms with E-state index >= 15 is 0 Å². The van der Waals surface area contributed by atoms with Crippen molar-refractivity contribution in [1.82, 2.24) is 10.0 Å². The Labute approximate surface area is 176 Å². The molecule has 29 heavy (non-hydrogen) atoms. The van der Waals surface area contributed by atoms with E-state index in [1.165, 1.54) is 12.1 Å². The van der Waals surface area contributed by atoms with E-state index in [2.05, 4.69) is 10.0 Å². The van der Waals surface area contributed by atoms with Gasteiger partial charge in [0.1, 0.15) is 12.4 Å². The number of benzene rings is 3. The van der Waals surface area contributed by atoms with Gasteiger partial charge < -0.3 is 10.1 Å². The van der Waals surface area contributed by atoms with Gasteiger partial charge in [0.05, 0.1) is 4.90 Å². The Morgan fingerprint density at radius 2 is 1.48 bits per heavy atom. The van der Waals surface area contributed by atoms with Crippen molar-refractivity contribution in [1.29, 1.82) is 0 Å². The smallest absolute Gasteiger partial charge is 0.240 e. The summed E-state index contributed by atoms with van der Waals surface area (Å²) in [5, 5.41) is 3.86. The summed E-state index contributed by atoms with van der Waals surface area (Å²) in [6, 6.07) is 25.2. The molecule has 1 atom stereocenters. The first-order valence-corrected chi connectivity index (χ1v) is 11.1. The quantitative estimate of drug-likeness (QED) is 0.476. The van der Waals surface area contributed by atoms with Gasteiger partial charge in [0.15, 0.2) is 0 Å². The van der Waals surface area contributed by atoms with Crippen LogP contribution in [0, 0.1) is 0 Å². The molecule has 7 heteroatoms. The van der Waals surface area contributed by atoms with E-state index in [-0.39, 0.29) is 17.5 Å². The van der Waals surface area contributed by atoms with E-state index in [1.807, 2.05) is 60.7 Å². The SMILES string of the molecule is O=S(=O)(NC[C@H](NCCOc1ccccc1)c1ccccc1)c1ccc(Cl)cc1. The standard InChI is InChI=1S/C22H23ClN2O3S/c23-19-11-13-21(14-12-19)29(26,27)25-17-22(18-7-3-1-4-8-18)24-15-16-28-20-9-5-2-6-10-20/h1-14,22,24-25H,15-17H2/t22-/m0/s1. The lowest BCUT2D eigenvalue weighted by Crippen LogP contribution is -2.36. The second-order valence-corrected chi connectivity index (χ2v) is 8.59. The topological polar surface area (TPSA) is 67.4 Å².